The summed E-state index contributed by atoms with van der Waals surface area (Å²) in [6.07, 6.45) is 1.43. The number of anilines is 1. The summed E-state index contributed by atoms with van der Waals surface area (Å²) >= 11 is 0. The van der Waals surface area contributed by atoms with Gasteiger partial charge < -0.3 is 9.80 Å². The summed E-state index contributed by atoms with van der Waals surface area (Å²) in [7, 11) is 0.284. The molecule has 3 rings (SSSR count). The summed E-state index contributed by atoms with van der Waals surface area (Å²) in [4.78, 5) is 15.6. The molecular formula is C21H27N3O3S. The number of amides is 1. The van der Waals surface area contributed by atoms with E-state index in [-0.39, 0.29) is 16.8 Å². The number of benzene rings is 2. The molecule has 1 unspecified atom stereocenters. The van der Waals surface area contributed by atoms with Crippen LogP contribution in [0.25, 0.3) is 0 Å². The number of hydrogen-bond acceptors (Lipinski definition) is 4. The molecule has 0 aromatic heterocycles. The molecule has 1 N–H and O–H groups in total. The Morgan fingerprint density at radius 1 is 1.18 bits per heavy atom. The molecule has 1 amide bonds. The Hall–Kier alpha value is -2.22. The second kappa shape index (κ2) is 8.43. The maximum absolute atomic E-state index is 12.8. The van der Waals surface area contributed by atoms with Gasteiger partial charge in [0.1, 0.15) is 0 Å². The predicted molar refractivity (Wildman–Crippen MR) is 111 cm³/mol. The van der Waals surface area contributed by atoms with Gasteiger partial charge in [-0.05, 0) is 56.3 Å². The van der Waals surface area contributed by atoms with Crippen molar-refractivity contribution in [1.82, 2.24) is 9.62 Å². The molecule has 1 aliphatic rings. The number of likely N-dealkylation sites (N-methyl/N-ethyl adjacent to an activating group) is 1. The van der Waals surface area contributed by atoms with Gasteiger partial charge in [-0.2, -0.15) is 0 Å². The van der Waals surface area contributed by atoms with Gasteiger partial charge in [0.15, 0.2) is 0 Å². The summed E-state index contributed by atoms with van der Waals surface area (Å²) < 4.78 is 28.4. The SMILES string of the molecule is CC(=O)N1CCc2cc(S(=O)(=O)NCC(Cc3ccccc3)N(C)C)ccc21. The fourth-order valence-electron chi connectivity index (χ4n) is 3.49. The van der Waals surface area contributed by atoms with Gasteiger partial charge in [-0.3, -0.25) is 4.79 Å². The van der Waals surface area contributed by atoms with Gasteiger partial charge in [-0.25, -0.2) is 13.1 Å². The largest absolute Gasteiger partial charge is 0.312 e. The molecule has 6 nitrogen and oxygen atoms in total. The normalized spacial score (nSPS) is 14.9. The maximum Gasteiger partial charge on any atom is 0.240 e. The molecule has 0 saturated carbocycles. The average Bonchev–Trinajstić information content (AvgIpc) is 3.09. The van der Waals surface area contributed by atoms with Crippen LogP contribution in [0.4, 0.5) is 5.69 Å². The number of rotatable bonds is 7. The van der Waals surface area contributed by atoms with Crippen LogP contribution in [0.5, 0.6) is 0 Å². The molecule has 2 aromatic rings. The molecule has 1 atom stereocenters. The Balaban J connectivity index is 1.72. The zero-order valence-electron chi connectivity index (χ0n) is 16.6. The Kier molecular flexibility index (Phi) is 6.17. The van der Waals surface area contributed by atoms with Crippen LogP contribution in [-0.4, -0.2) is 52.5 Å². The quantitative estimate of drug-likeness (QED) is 0.771. The minimum atomic E-state index is -3.62. The van der Waals surface area contributed by atoms with E-state index in [0.29, 0.717) is 19.5 Å². The van der Waals surface area contributed by atoms with Crippen molar-refractivity contribution in [3.05, 3.63) is 59.7 Å². The molecule has 0 saturated heterocycles. The molecule has 0 spiro atoms. The molecule has 0 aliphatic carbocycles. The lowest BCUT2D eigenvalue weighted by molar-refractivity contribution is -0.116. The zero-order valence-corrected chi connectivity index (χ0v) is 17.4. The molecule has 150 valence electrons. The summed E-state index contributed by atoms with van der Waals surface area (Å²) in [5.41, 5.74) is 2.87. The number of sulfonamides is 1. The van der Waals surface area contributed by atoms with Crippen molar-refractivity contribution < 1.29 is 13.2 Å². The van der Waals surface area contributed by atoms with Crippen LogP contribution in [0, 0.1) is 0 Å². The lowest BCUT2D eigenvalue weighted by Crippen LogP contribution is -2.41. The van der Waals surface area contributed by atoms with Gasteiger partial charge in [0.05, 0.1) is 4.90 Å². The highest BCUT2D eigenvalue weighted by atomic mass is 32.2. The van der Waals surface area contributed by atoms with E-state index >= 15 is 0 Å². The highest BCUT2D eigenvalue weighted by Gasteiger charge is 2.25. The van der Waals surface area contributed by atoms with Crippen molar-refractivity contribution in [2.45, 2.75) is 30.7 Å². The van der Waals surface area contributed by atoms with Crippen LogP contribution >= 0.6 is 0 Å². The number of fused-ring (bicyclic) bond motifs is 1. The average molecular weight is 402 g/mol. The minimum absolute atomic E-state index is 0.0257. The van der Waals surface area contributed by atoms with Crippen LogP contribution in [0.1, 0.15) is 18.1 Å². The summed E-state index contributed by atoms with van der Waals surface area (Å²) in [6.45, 7) is 2.44. The van der Waals surface area contributed by atoms with Gasteiger partial charge >= 0.3 is 0 Å². The number of nitrogens with zero attached hydrogens (tertiary/aromatic N) is 2. The van der Waals surface area contributed by atoms with Crippen molar-refractivity contribution in [1.29, 1.82) is 0 Å². The van der Waals surface area contributed by atoms with Crippen molar-refractivity contribution in [2.24, 2.45) is 0 Å². The number of nitrogens with one attached hydrogen (secondary N) is 1. The van der Waals surface area contributed by atoms with E-state index < -0.39 is 10.0 Å². The van der Waals surface area contributed by atoms with E-state index in [4.69, 9.17) is 0 Å². The standard InChI is InChI=1S/C21H27N3O3S/c1-16(25)24-12-11-18-14-20(9-10-21(18)24)28(26,27)22-15-19(23(2)3)13-17-7-5-4-6-8-17/h4-10,14,19,22H,11-13,15H2,1-3H3. The topological polar surface area (TPSA) is 69.7 Å². The maximum atomic E-state index is 12.8. The van der Waals surface area contributed by atoms with Gasteiger partial charge in [0.25, 0.3) is 0 Å². The molecule has 28 heavy (non-hydrogen) atoms. The molecule has 7 heteroatoms. The summed E-state index contributed by atoms with van der Waals surface area (Å²) in [6, 6.07) is 15.1. The summed E-state index contributed by atoms with van der Waals surface area (Å²) in [5.74, 6) is -0.0257. The van der Waals surface area contributed by atoms with Gasteiger partial charge in [0, 0.05) is 31.7 Å². The second-order valence-electron chi connectivity index (χ2n) is 7.37. The first kappa shape index (κ1) is 20.5. The lowest BCUT2D eigenvalue weighted by Gasteiger charge is -2.25. The monoisotopic (exact) mass is 401 g/mol. The second-order valence-corrected chi connectivity index (χ2v) is 9.14. The third-order valence-electron chi connectivity index (χ3n) is 5.19. The summed E-state index contributed by atoms with van der Waals surface area (Å²) in [5, 5.41) is 0. The lowest BCUT2D eigenvalue weighted by atomic mass is 10.1. The van der Waals surface area contributed by atoms with Crippen LogP contribution in [0.15, 0.2) is 53.4 Å². The van der Waals surface area contributed by atoms with Crippen LogP contribution < -0.4 is 9.62 Å². The van der Waals surface area contributed by atoms with Crippen molar-refractivity contribution in [2.75, 3.05) is 32.1 Å². The smallest absolute Gasteiger partial charge is 0.240 e. The minimum Gasteiger partial charge on any atom is -0.312 e. The number of carbonyl (C=O) groups is 1. The Bertz CT molecular complexity index is 943. The van der Waals surface area contributed by atoms with Gasteiger partial charge in [-0.1, -0.05) is 30.3 Å². The third-order valence-corrected chi connectivity index (χ3v) is 6.61. The van der Waals surface area contributed by atoms with Crippen molar-refractivity contribution in [3.8, 4) is 0 Å². The molecule has 1 heterocycles. The van der Waals surface area contributed by atoms with Crippen molar-refractivity contribution in [3.63, 3.8) is 0 Å². The van der Waals surface area contributed by atoms with E-state index in [1.54, 1.807) is 23.1 Å². The Labute approximate surface area is 167 Å². The molecule has 0 fully saturated rings. The van der Waals surface area contributed by atoms with E-state index in [1.165, 1.54) is 12.5 Å². The van der Waals surface area contributed by atoms with E-state index in [1.807, 2.05) is 49.3 Å². The number of carbonyl (C=O) groups excluding carboxylic acids is 1. The highest BCUT2D eigenvalue weighted by Crippen LogP contribution is 2.30. The van der Waals surface area contributed by atoms with E-state index in [2.05, 4.69) is 4.72 Å². The van der Waals surface area contributed by atoms with Gasteiger partial charge in [-0.15, -0.1) is 0 Å². The third kappa shape index (κ3) is 4.60. The highest BCUT2D eigenvalue weighted by molar-refractivity contribution is 7.89. The van der Waals surface area contributed by atoms with E-state index in [9.17, 15) is 13.2 Å². The first-order chi connectivity index (χ1) is 13.3. The van der Waals surface area contributed by atoms with Gasteiger partial charge in [0.2, 0.25) is 15.9 Å². The first-order valence-corrected chi connectivity index (χ1v) is 10.9. The molecule has 2 aromatic carbocycles. The number of hydrogen-bond donors (Lipinski definition) is 1. The molecule has 0 bridgehead atoms. The Morgan fingerprint density at radius 3 is 2.54 bits per heavy atom. The van der Waals surface area contributed by atoms with E-state index in [0.717, 1.165) is 17.7 Å². The van der Waals surface area contributed by atoms with Crippen LogP contribution in [-0.2, 0) is 27.7 Å². The fraction of sp³-hybridized carbons (Fsp3) is 0.381. The molecule has 1 aliphatic heterocycles. The fourth-order valence-corrected chi connectivity index (χ4v) is 4.61. The zero-order chi connectivity index (χ0) is 20.3. The Morgan fingerprint density at radius 2 is 1.89 bits per heavy atom. The molecular weight excluding hydrogens is 374 g/mol. The van der Waals surface area contributed by atoms with Crippen molar-refractivity contribution >= 4 is 21.6 Å². The predicted octanol–water partition coefficient (Wildman–Crippen LogP) is 2.05. The van der Waals surface area contributed by atoms with Crippen LogP contribution in [0.2, 0.25) is 0 Å². The first-order valence-electron chi connectivity index (χ1n) is 9.39. The van der Waals surface area contributed by atoms with Crippen LogP contribution in [0.3, 0.4) is 0 Å². The molecule has 0 radical (unpaired) electrons.